The van der Waals surface area contributed by atoms with E-state index in [0.717, 1.165) is 31.2 Å². The number of amides is 1. The fraction of sp³-hybridized carbons (Fsp3) is 0.688. The Morgan fingerprint density at radius 1 is 1.43 bits per heavy atom. The summed E-state index contributed by atoms with van der Waals surface area (Å²) in [6, 6.07) is 2.25. The molecule has 1 aromatic heterocycles. The highest BCUT2D eigenvalue weighted by atomic mass is 32.1. The average molecular weight is 307 g/mol. The molecular formula is C16H21NO3S. The van der Waals surface area contributed by atoms with Crippen LogP contribution in [-0.4, -0.2) is 49.3 Å². The molecule has 3 atom stereocenters. The summed E-state index contributed by atoms with van der Waals surface area (Å²) in [6.07, 6.45) is 3.28. The largest absolute Gasteiger partial charge is 0.379 e. The van der Waals surface area contributed by atoms with Gasteiger partial charge in [-0.15, -0.1) is 0 Å². The van der Waals surface area contributed by atoms with Crippen molar-refractivity contribution in [3.63, 3.8) is 0 Å². The molecule has 1 aliphatic carbocycles. The van der Waals surface area contributed by atoms with Crippen molar-refractivity contribution in [2.75, 3.05) is 26.4 Å². The van der Waals surface area contributed by atoms with E-state index in [4.69, 9.17) is 9.47 Å². The van der Waals surface area contributed by atoms with Crippen LogP contribution in [0.25, 0.3) is 0 Å². The lowest BCUT2D eigenvalue weighted by Crippen LogP contribution is -2.39. The van der Waals surface area contributed by atoms with Gasteiger partial charge in [0.05, 0.1) is 31.8 Å². The summed E-state index contributed by atoms with van der Waals surface area (Å²) in [4.78, 5) is 14.6. The first-order chi connectivity index (χ1) is 10.3. The minimum Gasteiger partial charge on any atom is -0.379 e. The van der Waals surface area contributed by atoms with Crippen LogP contribution in [0.2, 0.25) is 0 Å². The number of rotatable bonds is 5. The fourth-order valence-corrected chi connectivity index (χ4v) is 4.05. The number of thiophene rings is 1. The minimum absolute atomic E-state index is 0.171. The minimum atomic E-state index is 0.171. The van der Waals surface area contributed by atoms with Gasteiger partial charge >= 0.3 is 0 Å². The van der Waals surface area contributed by atoms with E-state index < -0.39 is 0 Å². The molecule has 0 aromatic carbocycles. The van der Waals surface area contributed by atoms with Crippen molar-refractivity contribution in [1.82, 2.24) is 4.90 Å². The normalized spacial score (nSPS) is 31.6. The Labute approximate surface area is 129 Å². The third kappa shape index (κ3) is 2.87. The first-order valence-electron chi connectivity index (χ1n) is 7.81. The van der Waals surface area contributed by atoms with Crippen LogP contribution < -0.4 is 0 Å². The molecule has 0 unspecified atom stereocenters. The number of hydrogen-bond donors (Lipinski definition) is 0. The maximum Gasteiger partial charge on any atom is 0.227 e. The number of nitrogens with zero attached hydrogens (tertiary/aromatic N) is 1. The Morgan fingerprint density at radius 2 is 2.33 bits per heavy atom. The van der Waals surface area contributed by atoms with Crippen molar-refractivity contribution >= 4 is 17.2 Å². The SMILES string of the molecule is O=C(Cc1ccsc1)N1C[C@@H](OCC2CC2)[C@@H]2COC[C@@H]21. The van der Waals surface area contributed by atoms with Gasteiger partial charge in [0.1, 0.15) is 0 Å². The summed E-state index contributed by atoms with van der Waals surface area (Å²) >= 11 is 1.64. The van der Waals surface area contributed by atoms with Crippen LogP contribution in [0, 0.1) is 11.8 Å². The zero-order valence-corrected chi connectivity index (χ0v) is 12.9. The number of likely N-dealkylation sites (tertiary alicyclic amines) is 1. The zero-order valence-electron chi connectivity index (χ0n) is 12.1. The van der Waals surface area contributed by atoms with Gasteiger partial charge in [0.2, 0.25) is 5.91 Å². The Hall–Kier alpha value is -0.910. The summed E-state index contributed by atoms with van der Waals surface area (Å²) in [6.45, 7) is 3.01. The number of carbonyl (C=O) groups excluding carboxylic acids is 1. The van der Waals surface area contributed by atoms with Crippen LogP contribution in [0.1, 0.15) is 18.4 Å². The molecule has 114 valence electrons. The first kappa shape index (κ1) is 13.7. The summed E-state index contributed by atoms with van der Waals surface area (Å²) in [5, 5.41) is 4.08. The van der Waals surface area contributed by atoms with E-state index in [-0.39, 0.29) is 18.1 Å². The van der Waals surface area contributed by atoms with Gasteiger partial charge in [-0.1, -0.05) is 0 Å². The number of hydrogen-bond acceptors (Lipinski definition) is 4. The third-order valence-corrected chi connectivity index (χ3v) is 5.58. The van der Waals surface area contributed by atoms with E-state index in [9.17, 15) is 4.79 Å². The van der Waals surface area contributed by atoms with Gasteiger partial charge in [-0.25, -0.2) is 0 Å². The van der Waals surface area contributed by atoms with Gasteiger partial charge < -0.3 is 14.4 Å². The molecule has 2 saturated heterocycles. The maximum absolute atomic E-state index is 12.6. The van der Waals surface area contributed by atoms with E-state index in [2.05, 4.69) is 5.38 Å². The van der Waals surface area contributed by atoms with Crippen molar-refractivity contribution in [3.8, 4) is 0 Å². The second kappa shape index (κ2) is 5.71. The standard InChI is InChI=1S/C16H21NO3S/c18-16(5-12-3-4-21-10-12)17-6-15(20-7-11-1-2-11)13-8-19-9-14(13)17/h3-4,10-11,13-15H,1-2,5-9H2/t13-,14+,15-/m1/s1. The van der Waals surface area contributed by atoms with E-state index in [1.807, 2.05) is 16.3 Å². The van der Waals surface area contributed by atoms with Crippen LogP contribution >= 0.6 is 11.3 Å². The predicted octanol–water partition coefficient (Wildman–Crippen LogP) is 1.94. The summed E-state index contributed by atoms with van der Waals surface area (Å²) in [7, 11) is 0. The van der Waals surface area contributed by atoms with Crippen molar-refractivity contribution in [1.29, 1.82) is 0 Å². The number of fused-ring (bicyclic) bond motifs is 1. The number of ether oxygens (including phenoxy) is 2. The van der Waals surface area contributed by atoms with Crippen molar-refractivity contribution in [2.24, 2.45) is 11.8 Å². The smallest absolute Gasteiger partial charge is 0.227 e. The van der Waals surface area contributed by atoms with E-state index in [1.54, 1.807) is 11.3 Å². The summed E-state index contributed by atoms with van der Waals surface area (Å²) in [5.74, 6) is 1.35. The number of carbonyl (C=O) groups is 1. The van der Waals surface area contributed by atoms with Crippen LogP contribution in [0.5, 0.6) is 0 Å². The third-order valence-electron chi connectivity index (χ3n) is 4.85. The highest BCUT2D eigenvalue weighted by Gasteiger charge is 2.48. The summed E-state index contributed by atoms with van der Waals surface area (Å²) < 4.78 is 11.7. The van der Waals surface area contributed by atoms with Crippen molar-refractivity contribution in [2.45, 2.75) is 31.4 Å². The second-order valence-electron chi connectivity index (χ2n) is 6.44. The maximum atomic E-state index is 12.6. The highest BCUT2D eigenvalue weighted by Crippen LogP contribution is 2.35. The molecule has 0 radical (unpaired) electrons. The van der Waals surface area contributed by atoms with E-state index in [1.165, 1.54) is 12.8 Å². The molecule has 0 bridgehead atoms. The molecule has 3 aliphatic rings. The monoisotopic (exact) mass is 307 g/mol. The average Bonchev–Trinajstić information content (AvgIpc) is 2.91. The lowest BCUT2D eigenvalue weighted by Gasteiger charge is -2.22. The molecule has 4 rings (SSSR count). The lowest BCUT2D eigenvalue weighted by atomic mass is 10.0. The summed E-state index contributed by atoms with van der Waals surface area (Å²) in [5.41, 5.74) is 1.11. The molecule has 4 nitrogen and oxygen atoms in total. The van der Waals surface area contributed by atoms with Crippen molar-refractivity contribution < 1.29 is 14.3 Å². The van der Waals surface area contributed by atoms with Gasteiger partial charge in [-0.2, -0.15) is 11.3 Å². The molecule has 2 aliphatic heterocycles. The van der Waals surface area contributed by atoms with Crippen LogP contribution in [-0.2, 0) is 20.7 Å². The first-order valence-corrected chi connectivity index (χ1v) is 8.75. The predicted molar refractivity (Wildman–Crippen MR) is 80.3 cm³/mol. The van der Waals surface area contributed by atoms with Crippen LogP contribution in [0.15, 0.2) is 16.8 Å². The molecule has 21 heavy (non-hydrogen) atoms. The molecule has 1 saturated carbocycles. The Bertz CT molecular complexity index is 500. The zero-order chi connectivity index (χ0) is 14.2. The Morgan fingerprint density at radius 3 is 3.10 bits per heavy atom. The molecular weight excluding hydrogens is 286 g/mol. The fourth-order valence-electron chi connectivity index (χ4n) is 3.38. The van der Waals surface area contributed by atoms with Gasteiger partial charge in [0, 0.05) is 19.1 Å². The van der Waals surface area contributed by atoms with E-state index >= 15 is 0 Å². The molecule has 0 N–H and O–H groups in total. The highest BCUT2D eigenvalue weighted by molar-refractivity contribution is 7.07. The van der Waals surface area contributed by atoms with Crippen LogP contribution in [0.3, 0.4) is 0 Å². The topological polar surface area (TPSA) is 38.8 Å². The van der Waals surface area contributed by atoms with Crippen molar-refractivity contribution in [3.05, 3.63) is 22.4 Å². The molecule has 3 heterocycles. The molecule has 0 spiro atoms. The quantitative estimate of drug-likeness (QED) is 0.834. The van der Waals surface area contributed by atoms with Gasteiger partial charge in [0.25, 0.3) is 0 Å². The molecule has 1 aromatic rings. The Balaban J connectivity index is 1.40. The Kier molecular flexibility index (Phi) is 3.73. The van der Waals surface area contributed by atoms with E-state index in [0.29, 0.717) is 18.9 Å². The van der Waals surface area contributed by atoms with Crippen LogP contribution in [0.4, 0.5) is 0 Å². The molecule has 3 fully saturated rings. The second-order valence-corrected chi connectivity index (χ2v) is 7.22. The lowest BCUT2D eigenvalue weighted by molar-refractivity contribution is -0.132. The van der Waals surface area contributed by atoms with Gasteiger partial charge in [-0.3, -0.25) is 4.79 Å². The molecule has 1 amide bonds. The molecule has 5 heteroatoms. The van der Waals surface area contributed by atoms with Gasteiger partial charge in [-0.05, 0) is 41.1 Å². The van der Waals surface area contributed by atoms with Gasteiger partial charge in [0.15, 0.2) is 0 Å².